The van der Waals surface area contributed by atoms with Crippen LogP contribution in [-0.4, -0.2) is 24.4 Å². The number of urea groups is 1. The second-order valence-electron chi connectivity index (χ2n) is 7.62. The van der Waals surface area contributed by atoms with Gasteiger partial charge in [-0.25, -0.2) is 9.59 Å². The van der Waals surface area contributed by atoms with Gasteiger partial charge in [-0.05, 0) is 36.1 Å². The molecule has 2 amide bonds. The highest BCUT2D eigenvalue weighted by Crippen LogP contribution is 2.36. The second-order valence-corrected chi connectivity index (χ2v) is 9.00. The number of rotatable bonds is 5. The summed E-state index contributed by atoms with van der Waals surface area (Å²) in [5.74, 6) is -0.466. The summed E-state index contributed by atoms with van der Waals surface area (Å²) in [4.78, 5) is 26.3. The lowest BCUT2D eigenvalue weighted by atomic mass is 9.93. The molecule has 2 aromatic carbocycles. The lowest BCUT2D eigenvalue weighted by Gasteiger charge is -2.29. The Morgan fingerprint density at radius 2 is 1.70 bits per heavy atom. The Morgan fingerprint density at radius 1 is 1.00 bits per heavy atom. The predicted molar refractivity (Wildman–Crippen MR) is 119 cm³/mol. The van der Waals surface area contributed by atoms with Crippen molar-refractivity contribution in [2.24, 2.45) is 0 Å². The highest BCUT2D eigenvalue weighted by atomic mass is 32.2. The molecular weight excluding hydrogens is 396 g/mol. The van der Waals surface area contributed by atoms with Crippen LogP contribution in [0.4, 0.5) is 4.79 Å². The van der Waals surface area contributed by atoms with Crippen LogP contribution in [-0.2, 0) is 9.53 Å². The molecule has 30 heavy (non-hydrogen) atoms. The molecule has 1 atom stereocenters. The minimum Gasteiger partial charge on any atom is -0.466 e. The monoisotopic (exact) mass is 422 g/mol. The van der Waals surface area contributed by atoms with E-state index in [2.05, 4.69) is 22.8 Å². The van der Waals surface area contributed by atoms with Crippen molar-refractivity contribution in [1.82, 2.24) is 10.6 Å². The molecule has 1 aliphatic heterocycles. The summed E-state index contributed by atoms with van der Waals surface area (Å²) in [6, 6.07) is 16.6. The Balaban J connectivity index is 1.65. The largest absolute Gasteiger partial charge is 0.466 e. The fourth-order valence-corrected chi connectivity index (χ4v) is 5.34. The number of methoxy groups -OCH3 is 1. The minimum atomic E-state index is -0.574. The molecule has 1 unspecified atom stereocenters. The van der Waals surface area contributed by atoms with Gasteiger partial charge in [-0.2, -0.15) is 0 Å². The summed E-state index contributed by atoms with van der Waals surface area (Å²) in [6.45, 7) is 0. The average Bonchev–Trinajstić information content (AvgIpc) is 2.80. The molecule has 2 aliphatic rings. The van der Waals surface area contributed by atoms with E-state index in [-0.39, 0.29) is 6.03 Å². The zero-order valence-corrected chi connectivity index (χ0v) is 17.8. The van der Waals surface area contributed by atoms with Crippen LogP contribution in [0.1, 0.15) is 49.3 Å². The first-order valence-corrected chi connectivity index (χ1v) is 11.3. The third-order valence-corrected chi connectivity index (χ3v) is 6.96. The second kappa shape index (κ2) is 9.39. The van der Waals surface area contributed by atoms with Gasteiger partial charge >= 0.3 is 12.0 Å². The highest BCUT2D eigenvalue weighted by Gasteiger charge is 2.34. The SMILES string of the molecule is COC(=O)C1=C(c2ccccc2)NC(=O)NC1c1ccc(SC2CCCCC2)cc1. The summed E-state index contributed by atoms with van der Waals surface area (Å²) in [5, 5.41) is 6.35. The molecule has 1 heterocycles. The van der Waals surface area contributed by atoms with Crippen LogP contribution in [0.3, 0.4) is 0 Å². The van der Waals surface area contributed by atoms with Gasteiger partial charge in [0.25, 0.3) is 0 Å². The lowest BCUT2D eigenvalue weighted by Crippen LogP contribution is -2.45. The first-order chi connectivity index (χ1) is 14.7. The molecule has 1 saturated carbocycles. The highest BCUT2D eigenvalue weighted by molar-refractivity contribution is 8.00. The van der Waals surface area contributed by atoms with E-state index in [0.717, 1.165) is 11.1 Å². The normalized spacial score (nSPS) is 19.8. The Morgan fingerprint density at radius 3 is 2.37 bits per heavy atom. The summed E-state index contributed by atoms with van der Waals surface area (Å²) in [6.07, 6.45) is 6.51. The summed E-state index contributed by atoms with van der Waals surface area (Å²) < 4.78 is 5.06. The molecule has 1 aliphatic carbocycles. The first kappa shape index (κ1) is 20.5. The maximum atomic E-state index is 12.7. The Bertz CT molecular complexity index is 935. The molecule has 2 aromatic rings. The molecule has 0 bridgehead atoms. The van der Waals surface area contributed by atoms with Crippen LogP contribution in [0.25, 0.3) is 5.70 Å². The van der Waals surface area contributed by atoms with Gasteiger partial charge in [0, 0.05) is 10.1 Å². The van der Waals surface area contributed by atoms with Gasteiger partial charge in [-0.3, -0.25) is 0 Å². The van der Waals surface area contributed by atoms with Gasteiger partial charge < -0.3 is 15.4 Å². The van der Waals surface area contributed by atoms with E-state index in [1.54, 1.807) is 0 Å². The number of amides is 2. The molecule has 156 valence electrons. The van der Waals surface area contributed by atoms with Crippen molar-refractivity contribution in [3.63, 3.8) is 0 Å². The number of ether oxygens (including phenoxy) is 1. The lowest BCUT2D eigenvalue weighted by molar-refractivity contribution is -0.136. The molecule has 0 radical (unpaired) electrons. The van der Waals surface area contributed by atoms with Crippen LogP contribution in [0.15, 0.2) is 65.1 Å². The van der Waals surface area contributed by atoms with Gasteiger partial charge in [-0.1, -0.05) is 61.7 Å². The van der Waals surface area contributed by atoms with Crippen molar-refractivity contribution in [2.75, 3.05) is 7.11 Å². The number of nitrogens with one attached hydrogen (secondary N) is 2. The Hall–Kier alpha value is -2.73. The van der Waals surface area contributed by atoms with E-state index >= 15 is 0 Å². The zero-order valence-electron chi connectivity index (χ0n) is 17.0. The van der Waals surface area contributed by atoms with Gasteiger partial charge in [0.15, 0.2) is 0 Å². The number of hydrogen-bond acceptors (Lipinski definition) is 4. The number of hydrogen-bond donors (Lipinski definition) is 2. The van der Waals surface area contributed by atoms with E-state index in [0.29, 0.717) is 16.5 Å². The van der Waals surface area contributed by atoms with Gasteiger partial charge in [0.05, 0.1) is 24.4 Å². The zero-order chi connectivity index (χ0) is 20.9. The quantitative estimate of drug-likeness (QED) is 0.662. The number of esters is 1. The topological polar surface area (TPSA) is 67.4 Å². The third kappa shape index (κ3) is 4.54. The van der Waals surface area contributed by atoms with E-state index in [9.17, 15) is 9.59 Å². The van der Waals surface area contributed by atoms with Crippen LogP contribution in [0, 0.1) is 0 Å². The molecule has 2 N–H and O–H groups in total. The standard InChI is InChI=1S/C24H26N2O3S/c1-29-23(27)20-21(16-8-4-2-5-9-16)25-24(28)26-22(20)17-12-14-19(15-13-17)30-18-10-6-3-7-11-18/h2,4-5,8-9,12-15,18,22H,3,6-7,10-11H2,1H3,(H2,25,26,28). The van der Waals surface area contributed by atoms with Gasteiger partial charge in [-0.15, -0.1) is 11.8 Å². The Kier molecular flexibility index (Phi) is 6.43. The molecule has 0 aromatic heterocycles. The molecule has 6 heteroatoms. The molecule has 5 nitrogen and oxygen atoms in total. The van der Waals surface area contributed by atoms with Crippen molar-refractivity contribution < 1.29 is 14.3 Å². The number of benzene rings is 2. The number of carbonyl (C=O) groups is 2. The van der Waals surface area contributed by atoms with Crippen molar-refractivity contribution in [3.05, 3.63) is 71.3 Å². The fraction of sp³-hybridized carbons (Fsp3) is 0.333. The van der Waals surface area contributed by atoms with Crippen LogP contribution >= 0.6 is 11.8 Å². The van der Waals surface area contributed by atoms with Crippen LogP contribution in [0.5, 0.6) is 0 Å². The predicted octanol–water partition coefficient (Wildman–Crippen LogP) is 5.05. The van der Waals surface area contributed by atoms with Crippen molar-refractivity contribution in [3.8, 4) is 0 Å². The van der Waals surface area contributed by atoms with Gasteiger partial charge in [0.1, 0.15) is 0 Å². The number of thioether (sulfide) groups is 1. The van der Waals surface area contributed by atoms with Crippen molar-refractivity contribution >= 4 is 29.5 Å². The smallest absolute Gasteiger partial charge is 0.338 e. The third-order valence-electron chi connectivity index (χ3n) is 5.61. The van der Waals surface area contributed by atoms with Crippen LogP contribution in [0.2, 0.25) is 0 Å². The van der Waals surface area contributed by atoms with E-state index in [1.807, 2.05) is 54.2 Å². The molecule has 1 fully saturated rings. The fourth-order valence-electron chi connectivity index (χ4n) is 4.09. The molecule has 4 rings (SSSR count). The van der Waals surface area contributed by atoms with E-state index in [4.69, 9.17) is 4.74 Å². The average molecular weight is 423 g/mol. The molecule has 0 saturated heterocycles. The first-order valence-electron chi connectivity index (χ1n) is 10.4. The van der Waals surface area contributed by atoms with Crippen LogP contribution < -0.4 is 10.6 Å². The molecule has 0 spiro atoms. The number of carbonyl (C=O) groups excluding carboxylic acids is 2. The van der Waals surface area contributed by atoms with E-state index in [1.165, 1.54) is 44.1 Å². The maximum Gasteiger partial charge on any atom is 0.338 e. The summed E-state index contributed by atoms with van der Waals surface area (Å²) in [7, 11) is 1.36. The summed E-state index contributed by atoms with van der Waals surface area (Å²) in [5.41, 5.74) is 2.50. The van der Waals surface area contributed by atoms with E-state index < -0.39 is 12.0 Å². The van der Waals surface area contributed by atoms with Gasteiger partial charge in [0.2, 0.25) is 0 Å². The Labute approximate surface area is 181 Å². The minimum absolute atomic E-state index is 0.341. The maximum absolute atomic E-state index is 12.7. The summed E-state index contributed by atoms with van der Waals surface area (Å²) >= 11 is 1.93. The van der Waals surface area contributed by atoms with Crippen molar-refractivity contribution in [2.45, 2.75) is 48.3 Å². The molecular formula is C24H26N2O3S. The van der Waals surface area contributed by atoms with Crippen molar-refractivity contribution in [1.29, 1.82) is 0 Å².